The van der Waals surface area contributed by atoms with Gasteiger partial charge >= 0.3 is 0 Å². The van der Waals surface area contributed by atoms with Crippen LogP contribution in [0.25, 0.3) is 11.3 Å². The number of halogens is 2. The molecule has 0 aliphatic carbocycles. The first kappa shape index (κ1) is 27.0. The van der Waals surface area contributed by atoms with Crippen molar-refractivity contribution >= 4 is 57.8 Å². The van der Waals surface area contributed by atoms with Gasteiger partial charge in [0.05, 0.1) is 29.6 Å². The first-order chi connectivity index (χ1) is 18.9. The maximum absolute atomic E-state index is 12.3. The molecule has 11 heteroatoms. The highest BCUT2D eigenvalue weighted by atomic mass is 35.5. The van der Waals surface area contributed by atoms with Crippen molar-refractivity contribution < 1.29 is 18.7 Å². The maximum atomic E-state index is 12.3. The molecule has 1 aliphatic rings. The van der Waals surface area contributed by atoms with E-state index in [1.807, 2.05) is 47.4 Å². The zero-order chi connectivity index (χ0) is 27.5. The molecule has 1 fully saturated rings. The maximum Gasteiger partial charge on any atom is 0.250 e. The molecule has 4 aromatic rings. The molecule has 1 aliphatic heterocycles. The lowest BCUT2D eigenvalue weighted by Gasteiger charge is -2.27. The molecule has 2 N–H and O–H groups in total. The summed E-state index contributed by atoms with van der Waals surface area (Å²) in [6.07, 6.45) is 1.73. The van der Waals surface area contributed by atoms with E-state index in [9.17, 15) is 4.79 Å². The fourth-order valence-electron chi connectivity index (χ4n) is 4.53. The summed E-state index contributed by atoms with van der Waals surface area (Å²) in [5.74, 6) is 1.41. The Kier molecular flexibility index (Phi) is 8.04. The summed E-state index contributed by atoms with van der Waals surface area (Å²) < 4.78 is 16.8. The number of methoxy groups -OCH3 is 2. The van der Waals surface area contributed by atoms with Crippen LogP contribution in [0.2, 0.25) is 10.0 Å². The predicted molar refractivity (Wildman–Crippen MR) is 156 cm³/mol. The lowest BCUT2D eigenvalue weighted by Crippen LogP contribution is -2.29. The first-order valence-corrected chi connectivity index (χ1v) is 13.1. The van der Waals surface area contributed by atoms with E-state index in [1.54, 1.807) is 30.5 Å². The van der Waals surface area contributed by atoms with Gasteiger partial charge in [-0.15, -0.1) is 0 Å². The van der Waals surface area contributed by atoms with Gasteiger partial charge in [-0.05, 0) is 72.9 Å². The molecule has 1 saturated heterocycles. The van der Waals surface area contributed by atoms with Crippen molar-refractivity contribution in [3.8, 4) is 17.1 Å². The Morgan fingerprint density at radius 3 is 2.69 bits per heavy atom. The number of furan rings is 1. The SMILES string of the molecule is COCC(=O)Nc1cc(N2C(=S)N[C@@H](c3ccccn3)[C@@H]2c2ccc(-c3ccc(Cl)cc3Cl)o2)ccc1OC. The average Bonchev–Trinajstić information content (AvgIpc) is 3.54. The lowest BCUT2D eigenvalue weighted by atomic mass is 10.0. The van der Waals surface area contributed by atoms with Crippen LogP contribution in [0.1, 0.15) is 23.5 Å². The molecular weight excluding hydrogens is 559 g/mol. The number of pyridine rings is 1. The van der Waals surface area contributed by atoms with Gasteiger partial charge in [0, 0.05) is 29.6 Å². The molecule has 3 heterocycles. The monoisotopic (exact) mass is 582 g/mol. The zero-order valence-corrected chi connectivity index (χ0v) is 23.3. The first-order valence-electron chi connectivity index (χ1n) is 11.9. The molecule has 0 unspecified atom stereocenters. The van der Waals surface area contributed by atoms with E-state index in [-0.39, 0.29) is 18.6 Å². The van der Waals surface area contributed by atoms with Crippen LogP contribution in [0.4, 0.5) is 11.4 Å². The van der Waals surface area contributed by atoms with Gasteiger partial charge in [-0.1, -0.05) is 29.3 Å². The van der Waals surface area contributed by atoms with Gasteiger partial charge in [-0.2, -0.15) is 0 Å². The number of carbonyl (C=O) groups excluding carboxylic acids is 1. The number of hydrogen-bond acceptors (Lipinski definition) is 6. The number of benzene rings is 2. The zero-order valence-electron chi connectivity index (χ0n) is 21.0. The summed E-state index contributed by atoms with van der Waals surface area (Å²) in [6, 6.07) is 19.4. The Morgan fingerprint density at radius 2 is 1.97 bits per heavy atom. The largest absolute Gasteiger partial charge is 0.495 e. The van der Waals surface area contributed by atoms with Crippen molar-refractivity contribution in [3.05, 3.63) is 94.4 Å². The normalized spacial score (nSPS) is 16.7. The third-order valence-corrected chi connectivity index (χ3v) is 7.09. The Balaban J connectivity index is 1.59. The van der Waals surface area contributed by atoms with Crippen LogP contribution in [0.15, 0.2) is 77.3 Å². The van der Waals surface area contributed by atoms with Gasteiger partial charge in [-0.25, -0.2) is 0 Å². The van der Waals surface area contributed by atoms with Crippen molar-refractivity contribution in [1.82, 2.24) is 10.3 Å². The van der Waals surface area contributed by atoms with Gasteiger partial charge in [-0.3, -0.25) is 9.78 Å². The van der Waals surface area contributed by atoms with Crippen LogP contribution in [0.3, 0.4) is 0 Å². The fraction of sp³-hybridized carbons (Fsp3) is 0.179. The number of thiocarbonyl (C=S) groups is 1. The highest BCUT2D eigenvalue weighted by Gasteiger charge is 2.43. The quantitative estimate of drug-likeness (QED) is 0.230. The second-order valence-corrected chi connectivity index (χ2v) is 9.92. The molecule has 200 valence electrons. The van der Waals surface area contributed by atoms with Crippen LogP contribution < -0.4 is 20.3 Å². The minimum Gasteiger partial charge on any atom is -0.495 e. The van der Waals surface area contributed by atoms with E-state index in [4.69, 9.17) is 49.3 Å². The molecule has 0 bridgehead atoms. The van der Waals surface area contributed by atoms with Gasteiger partial charge < -0.3 is 29.4 Å². The topological polar surface area (TPSA) is 88.9 Å². The molecule has 8 nitrogen and oxygen atoms in total. The second-order valence-electron chi connectivity index (χ2n) is 8.69. The third kappa shape index (κ3) is 5.58. The van der Waals surface area contributed by atoms with Crippen LogP contribution >= 0.6 is 35.4 Å². The molecule has 2 aromatic heterocycles. The minimum absolute atomic E-state index is 0.0934. The van der Waals surface area contributed by atoms with Crippen LogP contribution in [-0.2, 0) is 9.53 Å². The summed E-state index contributed by atoms with van der Waals surface area (Å²) in [5, 5.41) is 7.72. The number of nitrogens with one attached hydrogen (secondary N) is 2. The Hall–Kier alpha value is -3.63. The van der Waals surface area contributed by atoms with Gasteiger partial charge in [0.1, 0.15) is 29.9 Å². The van der Waals surface area contributed by atoms with E-state index in [0.29, 0.717) is 43.8 Å². The lowest BCUT2D eigenvalue weighted by molar-refractivity contribution is -0.119. The highest BCUT2D eigenvalue weighted by molar-refractivity contribution is 7.80. The number of rotatable bonds is 8. The number of hydrogen-bond donors (Lipinski definition) is 2. The minimum atomic E-state index is -0.414. The smallest absolute Gasteiger partial charge is 0.250 e. The molecule has 39 heavy (non-hydrogen) atoms. The summed E-state index contributed by atoms with van der Waals surface area (Å²) in [6.45, 7) is -0.0934. The Labute approximate surface area is 240 Å². The molecule has 2 atom stereocenters. The van der Waals surface area contributed by atoms with E-state index in [1.165, 1.54) is 14.2 Å². The fourth-order valence-corrected chi connectivity index (χ4v) is 5.38. The Morgan fingerprint density at radius 1 is 1.13 bits per heavy atom. The van der Waals surface area contributed by atoms with Crippen LogP contribution in [0.5, 0.6) is 5.75 Å². The van der Waals surface area contributed by atoms with Gasteiger partial charge in [0.2, 0.25) is 5.91 Å². The predicted octanol–water partition coefficient (Wildman–Crippen LogP) is 6.42. The highest BCUT2D eigenvalue weighted by Crippen LogP contribution is 2.45. The van der Waals surface area contributed by atoms with E-state index in [0.717, 1.165) is 11.3 Å². The van der Waals surface area contributed by atoms with E-state index >= 15 is 0 Å². The molecule has 2 aromatic carbocycles. The van der Waals surface area contributed by atoms with E-state index < -0.39 is 6.04 Å². The molecule has 5 rings (SSSR count). The molecule has 0 spiro atoms. The molecule has 0 radical (unpaired) electrons. The number of aromatic nitrogens is 1. The van der Waals surface area contributed by atoms with Crippen molar-refractivity contribution in [2.24, 2.45) is 0 Å². The molecular formula is C28H24Cl2N4O4S. The summed E-state index contributed by atoms with van der Waals surface area (Å²) in [5.41, 5.74) is 2.70. The number of amides is 1. The molecule has 1 amide bonds. The van der Waals surface area contributed by atoms with Crippen LogP contribution in [-0.4, -0.2) is 36.8 Å². The van der Waals surface area contributed by atoms with Crippen molar-refractivity contribution in [1.29, 1.82) is 0 Å². The van der Waals surface area contributed by atoms with E-state index in [2.05, 4.69) is 15.6 Å². The standard InChI is InChI=1S/C28H24Cl2N4O4S/c1-36-15-25(35)32-21-14-17(7-9-23(21)37-2)34-27(26(33-28(34)39)20-5-3-4-12-31-20)24-11-10-22(38-24)18-8-6-16(29)13-19(18)30/h3-14,26-27H,15H2,1-2H3,(H,32,35)(H,33,39)/t26-,27-/m0/s1. The average molecular weight is 583 g/mol. The van der Waals surface area contributed by atoms with Crippen molar-refractivity contribution in [2.75, 3.05) is 31.0 Å². The van der Waals surface area contributed by atoms with Gasteiger partial charge in [0.15, 0.2) is 5.11 Å². The van der Waals surface area contributed by atoms with Gasteiger partial charge in [0.25, 0.3) is 0 Å². The summed E-state index contributed by atoms with van der Waals surface area (Å²) in [4.78, 5) is 18.8. The second kappa shape index (κ2) is 11.6. The summed E-state index contributed by atoms with van der Waals surface area (Å²) >= 11 is 18.4. The number of nitrogens with zero attached hydrogens (tertiary/aromatic N) is 2. The molecule has 0 saturated carbocycles. The van der Waals surface area contributed by atoms with Crippen LogP contribution in [0, 0.1) is 0 Å². The third-order valence-electron chi connectivity index (χ3n) is 6.22. The van der Waals surface area contributed by atoms with Crippen molar-refractivity contribution in [2.45, 2.75) is 12.1 Å². The number of ether oxygens (including phenoxy) is 2. The van der Waals surface area contributed by atoms with Crippen molar-refractivity contribution in [3.63, 3.8) is 0 Å². The number of carbonyl (C=O) groups is 1. The summed E-state index contributed by atoms with van der Waals surface area (Å²) in [7, 11) is 2.99. The Bertz CT molecular complexity index is 1510. The number of anilines is 2.